The molecule has 0 spiro atoms. The second kappa shape index (κ2) is 3.41. The number of ether oxygens (including phenoxy) is 1. The standard InChI is InChI=1S/C12H18O/c1-7(2)11-8(3)9(4)12(13-6)10(11)5/h1-6H3. The zero-order chi connectivity index (χ0) is 10.2. The van der Waals surface area contributed by atoms with Gasteiger partial charge in [-0.1, -0.05) is 5.57 Å². The SMILES string of the molecule is COC1=C(C)C(=C(C)C)C(C)=C1C. The van der Waals surface area contributed by atoms with Gasteiger partial charge in [0.25, 0.3) is 0 Å². The molecule has 0 aromatic carbocycles. The van der Waals surface area contributed by atoms with Crippen LogP contribution in [0.2, 0.25) is 0 Å². The Hall–Kier alpha value is -0.980. The van der Waals surface area contributed by atoms with E-state index in [9.17, 15) is 0 Å². The summed E-state index contributed by atoms with van der Waals surface area (Å²) in [4.78, 5) is 0. The van der Waals surface area contributed by atoms with Crippen molar-refractivity contribution in [1.82, 2.24) is 0 Å². The molecule has 0 heterocycles. The molecule has 0 radical (unpaired) electrons. The van der Waals surface area contributed by atoms with Crippen molar-refractivity contribution in [2.75, 3.05) is 7.11 Å². The Labute approximate surface area is 80.8 Å². The second-order valence-corrected chi connectivity index (χ2v) is 3.78. The van der Waals surface area contributed by atoms with E-state index in [0.29, 0.717) is 0 Å². The van der Waals surface area contributed by atoms with Gasteiger partial charge in [0, 0.05) is 0 Å². The Balaban J connectivity index is 3.35. The van der Waals surface area contributed by atoms with Gasteiger partial charge < -0.3 is 4.74 Å². The highest BCUT2D eigenvalue weighted by molar-refractivity contribution is 5.61. The molecule has 0 N–H and O–H groups in total. The van der Waals surface area contributed by atoms with Crippen molar-refractivity contribution in [1.29, 1.82) is 0 Å². The molecule has 0 amide bonds. The monoisotopic (exact) mass is 178 g/mol. The van der Waals surface area contributed by atoms with Crippen LogP contribution in [0.5, 0.6) is 0 Å². The molecule has 1 aliphatic carbocycles. The predicted molar refractivity (Wildman–Crippen MR) is 56.5 cm³/mol. The number of rotatable bonds is 1. The minimum absolute atomic E-state index is 1.05. The van der Waals surface area contributed by atoms with Crippen LogP contribution in [0.25, 0.3) is 0 Å². The number of hydrogen-bond acceptors (Lipinski definition) is 1. The van der Waals surface area contributed by atoms with Gasteiger partial charge in [-0.15, -0.1) is 0 Å². The molecular formula is C12H18O. The fourth-order valence-corrected chi connectivity index (χ4v) is 2.09. The van der Waals surface area contributed by atoms with Crippen molar-refractivity contribution in [2.24, 2.45) is 0 Å². The predicted octanol–water partition coefficient (Wildman–Crippen LogP) is 3.59. The molecule has 13 heavy (non-hydrogen) atoms. The van der Waals surface area contributed by atoms with Gasteiger partial charge in [0.05, 0.1) is 7.11 Å². The van der Waals surface area contributed by atoms with Crippen molar-refractivity contribution in [2.45, 2.75) is 34.6 Å². The molecule has 1 aliphatic rings. The molecule has 72 valence electrons. The van der Waals surface area contributed by atoms with Crippen LogP contribution in [0.3, 0.4) is 0 Å². The molecule has 0 aromatic rings. The number of methoxy groups -OCH3 is 1. The van der Waals surface area contributed by atoms with Crippen molar-refractivity contribution < 1.29 is 4.74 Å². The third-order valence-electron chi connectivity index (χ3n) is 2.70. The summed E-state index contributed by atoms with van der Waals surface area (Å²) < 4.78 is 5.37. The molecule has 0 aliphatic heterocycles. The zero-order valence-corrected chi connectivity index (χ0v) is 9.41. The molecule has 0 saturated heterocycles. The lowest BCUT2D eigenvalue weighted by molar-refractivity contribution is 0.299. The Morgan fingerprint density at radius 3 is 1.69 bits per heavy atom. The lowest BCUT2D eigenvalue weighted by atomic mass is 10.0. The molecule has 1 heteroatoms. The fraction of sp³-hybridized carbons (Fsp3) is 0.500. The lowest BCUT2D eigenvalue weighted by Gasteiger charge is -2.05. The van der Waals surface area contributed by atoms with E-state index >= 15 is 0 Å². The van der Waals surface area contributed by atoms with Crippen LogP contribution in [0.4, 0.5) is 0 Å². The van der Waals surface area contributed by atoms with Crippen LogP contribution in [0.15, 0.2) is 33.6 Å². The lowest BCUT2D eigenvalue weighted by Crippen LogP contribution is -1.88. The summed E-state index contributed by atoms with van der Waals surface area (Å²) in [5.74, 6) is 1.05. The highest BCUT2D eigenvalue weighted by atomic mass is 16.5. The Kier molecular flexibility index (Phi) is 2.65. The molecule has 0 fully saturated rings. The summed E-state index contributed by atoms with van der Waals surface area (Å²) in [6, 6.07) is 0. The Morgan fingerprint density at radius 1 is 0.923 bits per heavy atom. The van der Waals surface area contributed by atoms with Gasteiger partial charge in [-0.2, -0.15) is 0 Å². The van der Waals surface area contributed by atoms with Crippen molar-refractivity contribution in [3.05, 3.63) is 33.6 Å². The number of hydrogen-bond donors (Lipinski definition) is 0. The molecule has 0 aromatic heterocycles. The molecule has 0 bridgehead atoms. The quantitative estimate of drug-likeness (QED) is 0.596. The van der Waals surface area contributed by atoms with Crippen LogP contribution in [0, 0.1) is 0 Å². The zero-order valence-electron chi connectivity index (χ0n) is 9.41. The summed E-state index contributed by atoms with van der Waals surface area (Å²) >= 11 is 0. The van der Waals surface area contributed by atoms with E-state index in [1.807, 2.05) is 0 Å². The summed E-state index contributed by atoms with van der Waals surface area (Å²) in [5, 5.41) is 0. The maximum absolute atomic E-state index is 5.37. The largest absolute Gasteiger partial charge is 0.496 e. The van der Waals surface area contributed by atoms with Gasteiger partial charge >= 0.3 is 0 Å². The van der Waals surface area contributed by atoms with Gasteiger partial charge in [-0.3, -0.25) is 0 Å². The molecule has 1 rings (SSSR count). The van der Waals surface area contributed by atoms with Gasteiger partial charge in [-0.25, -0.2) is 0 Å². The minimum atomic E-state index is 1.05. The molecule has 0 atom stereocenters. The highest BCUT2D eigenvalue weighted by Crippen LogP contribution is 2.38. The van der Waals surface area contributed by atoms with E-state index in [-0.39, 0.29) is 0 Å². The summed E-state index contributed by atoms with van der Waals surface area (Å²) in [5.41, 5.74) is 6.64. The third-order valence-corrected chi connectivity index (χ3v) is 2.70. The van der Waals surface area contributed by atoms with E-state index in [4.69, 9.17) is 4.74 Å². The normalized spacial score (nSPS) is 17.2. The van der Waals surface area contributed by atoms with Crippen molar-refractivity contribution in [3.8, 4) is 0 Å². The molecule has 0 saturated carbocycles. The van der Waals surface area contributed by atoms with Gasteiger partial charge in [-0.05, 0) is 56.9 Å². The van der Waals surface area contributed by atoms with E-state index in [0.717, 1.165) is 5.76 Å². The fourth-order valence-electron chi connectivity index (χ4n) is 2.09. The van der Waals surface area contributed by atoms with Crippen LogP contribution < -0.4 is 0 Å². The first-order valence-corrected chi connectivity index (χ1v) is 4.61. The Morgan fingerprint density at radius 2 is 1.46 bits per heavy atom. The van der Waals surface area contributed by atoms with E-state index in [1.54, 1.807) is 7.11 Å². The van der Waals surface area contributed by atoms with E-state index < -0.39 is 0 Å². The first kappa shape index (κ1) is 10.1. The maximum Gasteiger partial charge on any atom is 0.125 e. The second-order valence-electron chi connectivity index (χ2n) is 3.78. The van der Waals surface area contributed by atoms with E-state index in [1.165, 1.54) is 27.9 Å². The van der Waals surface area contributed by atoms with Gasteiger partial charge in [0.2, 0.25) is 0 Å². The minimum Gasteiger partial charge on any atom is -0.496 e. The average Bonchev–Trinajstić information content (AvgIpc) is 2.24. The van der Waals surface area contributed by atoms with Gasteiger partial charge in [0.15, 0.2) is 0 Å². The number of allylic oxidation sites excluding steroid dienone is 5. The third kappa shape index (κ3) is 1.43. The summed E-state index contributed by atoms with van der Waals surface area (Å²) in [7, 11) is 1.74. The molecular weight excluding hydrogens is 160 g/mol. The highest BCUT2D eigenvalue weighted by Gasteiger charge is 2.22. The first-order valence-electron chi connectivity index (χ1n) is 4.61. The maximum atomic E-state index is 5.37. The van der Waals surface area contributed by atoms with Crippen LogP contribution in [-0.2, 0) is 4.74 Å². The Bertz CT molecular complexity index is 323. The summed E-state index contributed by atoms with van der Waals surface area (Å²) in [6.45, 7) is 10.7. The smallest absolute Gasteiger partial charge is 0.125 e. The molecule has 0 unspecified atom stereocenters. The summed E-state index contributed by atoms with van der Waals surface area (Å²) in [6.07, 6.45) is 0. The average molecular weight is 178 g/mol. The topological polar surface area (TPSA) is 9.23 Å². The first-order chi connectivity index (χ1) is 6.00. The van der Waals surface area contributed by atoms with Crippen molar-refractivity contribution in [3.63, 3.8) is 0 Å². The molecule has 1 nitrogen and oxygen atoms in total. The van der Waals surface area contributed by atoms with Crippen LogP contribution in [-0.4, -0.2) is 7.11 Å². The van der Waals surface area contributed by atoms with Crippen molar-refractivity contribution >= 4 is 0 Å². The van der Waals surface area contributed by atoms with Gasteiger partial charge in [0.1, 0.15) is 5.76 Å². The van der Waals surface area contributed by atoms with E-state index in [2.05, 4.69) is 34.6 Å². The van der Waals surface area contributed by atoms with Crippen LogP contribution >= 0.6 is 0 Å². The van der Waals surface area contributed by atoms with Crippen LogP contribution in [0.1, 0.15) is 34.6 Å².